The summed E-state index contributed by atoms with van der Waals surface area (Å²) in [5, 5.41) is 0. The van der Waals surface area contributed by atoms with Crippen molar-refractivity contribution < 1.29 is 9.53 Å². The molecule has 1 aliphatic rings. The van der Waals surface area contributed by atoms with E-state index >= 15 is 0 Å². The second-order valence-electron chi connectivity index (χ2n) is 4.76. The number of ketones is 1. The lowest BCUT2D eigenvalue weighted by Gasteiger charge is -2.09. The summed E-state index contributed by atoms with van der Waals surface area (Å²) >= 11 is 0. The van der Waals surface area contributed by atoms with Crippen molar-refractivity contribution in [2.75, 3.05) is 6.61 Å². The molecule has 0 spiro atoms. The molecule has 0 bridgehead atoms. The zero-order chi connectivity index (χ0) is 12.7. The summed E-state index contributed by atoms with van der Waals surface area (Å²) in [6.45, 7) is 4.20. The van der Waals surface area contributed by atoms with Crippen LogP contribution in [0.5, 0.6) is 5.75 Å². The molecule has 0 aliphatic carbocycles. The van der Waals surface area contributed by atoms with E-state index in [2.05, 4.69) is 12.1 Å². The summed E-state index contributed by atoms with van der Waals surface area (Å²) in [6.07, 6.45) is 0. The predicted octanol–water partition coefficient (Wildman–Crippen LogP) is 3.55. The van der Waals surface area contributed by atoms with Gasteiger partial charge >= 0.3 is 0 Å². The Kier molecular flexibility index (Phi) is 2.44. The number of ether oxygens (including phenoxy) is 1. The SMILES string of the molecule is Cc1ccc2c(c1)-c1cc(C)ccc1C(=O)CO2. The molecule has 90 valence electrons. The van der Waals surface area contributed by atoms with Crippen molar-refractivity contribution in [2.24, 2.45) is 0 Å². The van der Waals surface area contributed by atoms with Crippen LogP contribution in [0, 0.1) is 13.8 Å². The summed E-state index contributed by atoms with van der Waals surface area (Å²) < 4.78 is 5.59. The maximum atomic E-state index is 12.0. The quantitative estimate of drug-likeness (QED) is 0.701. The van der Waals surface area contributed by atoms with Crippen molar-refractivity contribution in [3.05, 3.63) is 53.1 Å². The van der Waals surface area contributed by atoms with E-state index in [4.69, 9.17) is 4.74 Å². The first-order valence-electron chi connectivity index (χ1n) is 6.03. The van der Waals surface area contributed by atoms with Crippen LogP contribution in [0.3, 0.4) is 0 Å². The molecular weight excluding hydrogens is 224 g/mol. The molecule has 0 fully saturated rings. The van der Waals surface area contributed by atoms with E-state index in [1.54, 1.807) is 0 Å². The van der Waals surface area contributed by atoms with Crippen LogP contribution < -0.4 is 4.74 Å². The molecule has 0 aromatic heterocycles. The molecule has 1 aliphatic heterocycles. The van der Waals surface area contributed by atoms with Crippen molar-refractivity contribution in [3.63, 3.8) is 0 Å². The number of rotatable bonds is 0. The minimum atomic E-state index is 0.0406. The van der Waals surface area contributed by atoms with Crippen molar-refractivity contribution in [1.29, 1.82) is 0 Å². The van der Waals surface area contributed by atoms with Gasteiger partial charge in [0.15, 0.2) is 6.61 Å². The Morgan fingerprint density at radius 1 is 0.889 bits per heavy atom. The number of aryl methyl sites for hydroxylation is 2. The van der Waals surface area contributed by atoms with Gasteiger partial charge < -0.3 is 4.74 Å². The molecule has 0 atom stereocenters. The molecule has 2 aromatic rings. The second kappa shape index (κ2) is 3.98. The second-order valence-corrected chi connectivity index (χ2v) is 4.76. The lowest BCUT2D eigenvalue weighted by molar-refractivity contribution is 0.0926. The number of carbonyl (C=O) groups is 1. The molecule has 0 unspecified atom stereocenters. The van der Waals surface area contributed by atoms with Crippen LogP contribution in [0.1, 0.15) is 21.5 Å². The predicted molar refractivity (Wildman–Crippen MR) is 71.2 cm³/mol. The first-order valence-corrected chi connectivity index (χ1v) is 6.03. The Morgan fingerprint density at radius 3 is 2.33 bits per heavy atom. The Labute approximate surface area is 106 Å². The van der Waals surface area contributed by atoms with Gasteiger partial charge in [-0.05, 0) is 31.5 Å². The monoisotopic (exact) mass is 238 g/mol. The maximum Gasteiger partial charge on any atom is 0.200 e. The van der Waals surface area contributed by atoms with Gasteiger partial charge in [0.25, 0.3) is 0 Å². The van der Waals surface area contributed by atoms with Crippen LogP contribution in [0.2, 0.25) is 0 Å². The highest BCUT2D eigenvalue weighted by Gasteiger charge is 2.20. The number of carbonyl (C=O) groups excluding carboxylic acids is 1. The van der Waals surface area contributed by atoms with Gasteiger partial charge in [0.1, 0.15) is 5.75 Å². The molecule has 0 N–H and O–H groups in total. The summed E-state index contributed by atoms with van der Waals surface area (Å²) in [5.41, 5.74) is 5.07. The fourth-order valence-electron chi connectivity index (χ4n) is 2.33. The summed E-state index contributed by atoms with van der Waals surface area (Å²) in [5.74, 6) is 0.831. The zero-order valence-electron chi connectivity index (χ0n) is 10.5. The number of Topliss-reactive ketones (excluding diaryl/α,β-unsaturated/α-hetero) is 1. The van der Waals surface area contributed by atoms with Gasteiger partial charge in [-0.25, -0.2) is 0 Å². The van der Waals surface area contributed by atoms with Gasteiger partial charge in [-0.15, -0.1) is 0 Å². The van der Waals surface area contributed by atoms with Crippen LogP contribution in [0.4, 0.5) is 0 Å². The van der Waals surface area contributed by atoms with Crippen LogP contribution in [-0.2, 0) is 0 Å². The highest BCUT2D eigenvalue weighted by atomic mass is 16.5. The fraction of sp³-hybridized carbons (Fsp3) is 0.188. The van der Waals surface area contributed by atoms with Crippen LogP contribution in [-0.4, -0.2) is 12.4 Å². The van der Waals surface area contributed by atoms with E-state index in [1.807, 2.05) is 38.1 Å². The minimum absolute atomic E-state index is 0.0406. The number of hydrogen-bond acceptors (Lipinski definition) is 2. The van der Waals surface area contributed by atoms with Crippen LogP contribution >= 0.6 is 0 Å². The van der Waals surface area contributed by atoms with E-state index in [9.17, 15) is 4.79 Å². The molecule has 3 rings (SSSR count). The van der Waals surface area contributed by atoms with E-state index in [1.165, 1.54) is 5.56 Å². The summed E-state index contributed by atoms with van der Waals surface area (Å²) in [6, 6.07) is 11.9. The van der Waals surface area contributed by atoms with Gasteiger partial charge in [-0.1, -0.05) is 35.4 Å². The number of hydrogen-bond donors (Lipinski definition) is 0. The standard InChI is InChI=1S/C16H14O2/c1-10-3-5-12-13(7-10)14-8-11(2)4-6-16(14)18-9-15(12)17/h3-8H,9H2,1-2H3. The van der Waals surface area contributed by atoms with Gasteiger partial charge in [0.2, 0.25) is 5.78 Å². The van der Waals surface area contributed by atoms with E-state index in [-0.39, 0.29) is 12.4 Å². The third-order valence-corrected chi connectivity index (χ3v) is 3.26. The molecule has 2 aromatic carbocycles. The smallest absolute Gasteiger partial charge is 0.200 e. The van der Waals surface area contributed by atoms with Gasteiger partial charge in [0, 0.05) is 11.1 Å². The van der Waals surface area contributed by atoms with E-state index < -0.39 is 0 Å². The van der Waals surface area contributed by atoms with Crippen LogP contribution in [0.15, 0.2) is 36.4 Å². The highest BCUT2D eigenvalue weighted by Crippen LogP contribution is 2.36. The highest BCUT2D eigenvalue weighted by molar-refractivity contribution is 6.05. The Bertz CT molecular complexity index is 642. The van der Waals surface area contributed by atoms with Crippen molar-refractivity contribution >= 4 is 5.78 Å². The third kappa shape index (κ3) is 1.70. The van der Waals surface area contributed by atoms with Gasteiger partial charge in [0.05, 0.1) is 0 Å². The van der Waals surface area contributed by atoms with E-state index in [0.717, 1.165) is 28.0 Å². The molecule has 0 saturated heterocycles. The molecule has 1 heterocycles. The average molecular weight is 238 g/mol. The Balaban J connectivity index is 2.34. The third-order valence-electron chi connectivity index (χ3n) is 3.26. The van der Waals surface area contributed by atoms with Crippen molar-refractivity contribution in [3.8, 4) is 16.9 Å². The summed E-state index contributed by atoms with van der Waals surface area (Å²) in [4.78, 5) is 12.0. The van der Waals surface area contributed by atoms with Crippen molar-refractivity contribution in [2.45, 2.75) is 13.8 Å². The minimum Gasteiger partial charge on any atom is -0.485 e. The van der Waals surface area contributed by atoms with Gasteiger partial charge in [-0.3, -0.25) is 4.79 Å². The number of fused-ring (bicyclic) bond motifs is 3. The largest absolute Gasteiger partial charge is 0.485 e. The van der Waals surface area contributed by atoms with Crippen molar-refractivity contribution in [1.82, 2.24) is 0 Å². The lowest BCUT2D eigenvalue weighted by atomic mass is 9.94. The molecule has 2 nitrogen and oxygen atoms in total. The maximum absolute atomic E-state index is 12.0. The zero-order valence-corrected chi connectivity index (χ0v) is 10.5. The molecule has 18 heavy (non-hydrogen) atoms. The average Bonchev–Trinajstić information content (AvgIpc) is 2.48. The molecular formula is C16H14O2. The molecule has 0 radical (unpaired) electrons. The first kappa shape index (κ1) is 11.0. The number of benzene rings is 2. The van der Waals surface area contributed by atoms with E-state index in [0.29, 0.717) is 0 Å². The summed E-state index contributed by atoms with van der Waals surface area (Å²) in [7, 11) is 0. The molecule has 2 heteroatoms. The normalized spacial score (nSPS) is 13.3. The molecule has 0 saturated carbocycles. The lowest BCUT2D eigenvalue weighted by Crippen LogP contribution is -2.09. The van der Waals surface area contributed by atoms with Gasteiger partial charge in [-0.2, -0.15) is 0 Å². The Hall–Kier alpha value is -2.09. The Morgan fingerprint density at radius 2 is 1.56 bits per heavy atom. The topological polar surface area (TPSA) is 26.3 Å². The van der Waals surface area contributed by atoms with Crippen LogP contribution in [0.25, 0.3) is 11.1 Å². The fourth-order valence-corrected chi connectivity index (χ4v) is 2.33. The molecule has 0 amide bonds. The first-order chi connectivity index (χ1) is 8.65.